The Kier molecular flexibility index (Phi) is 3.95. The van der Waals surface area contributed by atoms with Gasteiger partial charge >= 0.3 is 0 Å². The zero-order valence-electron chi connectivity index (χ0n) is 13.3. The Balaban J connectivity index is 1.75. The molecule has 0 heteroatoms. The Morgan fingerprint density at radius 1 is 0.375 bits per heavy atom. The molecular weight excluding hydrogens is 288 g/mol. The van der Waals surface area contributed by atoms with Gasteiger partial charge in [-0.05, 0) is 51.6 Å². The van der Waals surface area contributed by atoms with Crippen molar-refractivity contribution in [3.8, 4) is 33.4 Å². The Morgan fingerprint density at radius 2 is 0.792 bits per heavy atom. The predicted molar refractivity (Wildman–Crippen MR) is 102 cm³/mol. The number of benzene rings is 4. The predicted octanol–water partition coefficient (Wildman–Crippen LogP) is 6.49. The third-order valence-corrected chi connectivity index (χ3v) is 4.22. The minimum atomic E-state index is 1.22. The van der Waals surface area contributed by atoms with Gasteiger partial charge in [0.15, 0.2) is 0 Å². The van der Waals surface area contributed by atoms with Crippen molar-refractivity contribution in [2.45, 2.75) is 0 Å². The van der Waals surface area contributed by atoms with Gasteiger partial charge in [-0.2, -0.15) is 0 Å². The van der Waals surface area contributed by atoms with Gasteiger partial charge in [0.1, 0.15) is 0 Å². The minimum Gasteiger partial charge on any atom is -0.0622 e. The molecule has 0 nitrogen and oxygen atoms in total. The van der Waals surface area contributed by atoms with E-state index < -0.39 is 0 Å². The smallest absolute Gasteiger partial charge is 0.0178 e. The van der Waals surface area contributed by atoms with E-state index in [1.807, 2.05) is 18.2 Å². The molecule has 0 atom stereocenters. The van der Waals surface area contributed by atoms with Gasteiger partial charge in [0, 0.05) is 0 Å². The summed E-state index contributed by atoms with van der Waals surface area (Å²) in [6, 6.07) is 39.1. The summed E-state index contributed by atoms with van der Waals surface area (Å²) in [6.07, 6.45) is 0. The highest BCUT2D eigenvalue weighted by molar-refractivity contribution is 5.76. The molecule has 1 radical (unpaired) electrons. The van der Waals surface area contributed by atoms with Gasteiger partial charge in [-0.15, -0.1) is 0 Å². The maximum atomic E-state index is 3.07. The zero-order chi connectivity index (χ0) is 16.2. The van der Waals surface area contributed by atoms with E-state index in [-0.39, 0.29) is 0 Å². The molecular formula is C24H17. The summed E-state index contributed by atoms with van der Waals surface area (Å²) in [5, 5.41) is 0. The summed E-state index contributed by atoms with van der Waals surface area (Å²) in [4.78, 5) is 0. The molecule has 0 spiro atoms. The summed E-state index contributed by atoms with van der Waals surface area (Å²) < 4.78 is 0. The fourth-order valence-electron chi connectivity index (χ4n) is 2.97. The second-order valence-electron chi connectivity index (χ2n) is 5.82. The van der Waals surface area contributed by atoms with Crippen LogP contribution in [-0.2, 0) is 0 Å². The van der Waals surface area contributed by atoms with Crippen molar-refractivity contribution in [1.82, 2.24) is 0 Å². The Labute approximate surface area is 143 Å². The molecule has 4 aromatic carbocycles. The zero-order valence-corrected chi connectivity index (χ0v) is 13.3. The molecule has 0 fully saturated rings. The van der Waals surface area contributed by atoms with Gasteiger partial charge in [-0.1, -0.05) is 91.0 Å². The van der Waals surface area contributed by atoms with E-state index in [9.17, 15) is 0 Å². The summed E-state index contributed by atoms with van der Waals surface area (Å²) in [6.45, 7) is 0. The van der Waals surface area contributed by atoms with Crippen LogP contribution in [0.1, 0.15) is 0 Å². The van der Waals surface area contributed by atoms with Crippen LogP contribution in [0, 0.1) is 6.07 Å². The minimum absolute atomic E-state index is 1.22. The van der Waals surface area contributed by atoms with Crippen LogP contribution in [0.5, 0.6) is 0 Å². The van der Waals surface area contributed by atoms with Crippen LogP contribution in [-0.4, -0.2) is 0 Å². The first-order valence-corrected chi connectivity index (χ1v) is 8.12. The van der Waals surface area contributed by atoms with Crippen molar-refractivity contribution in [3.63, 3.8) is 0 Å². The Morgan fingerprint density at radius 3 is 1.33 bits per heavy atom. The third kappa shape index (κ3) is 3.00. The summed E-state index contributed by atoms with van der Waals surface area (Å²) in [5.74, 6) is 0. The molecule has 24 heavy (non-hydrogen) atoms. The molecule has 0 N–H and O–H groups in total. The molecule has 0 saturated carbocycles. The second kappa shape index (κ2) is 6.55. The third-order valence-electron chi connectivity index (χ3n) is 4.22. The molecule has 4 aromatic rings. The van der Waals surface area contributed by atoms with E-state index in [2.05, 4.69) is 91.0 Å². The normalized spacial score (nSPS) is 10.5. The number of rotatable bonds is 3. The molecule has 0 bridgehead atoms. The van der Waals surface area contributed by atoms with E-state index in [1.165, 1.54) is 33.4 Å². The van der Waals surface area contributed by atoms with Crippen LogP contribution >= 0.6 is 0 Å². The van der Waals surface area contributed by atoms with Gasteiger partial charge in [0.2, 0.25) is 0 Å². The first-order chi connectivity index (χ1) is 11.9. The van der Waals surface area contributed by atoms with E-state index in [0.717, 1.165) is 0 Å². The van der Waals surface area contributed by atoms with Crippen molar-refractivity contribution in [2.75, 3.05) is 0 Å². The first kappa shape index (κ1) is 14.5. The van der Waals surface area contributed by atoms with Crippen molar-refractivity contribution < 1.29 is 0 Å². The van der Waals surface area contributed by atoms with E-state index in [4.69, 9.17) is 0 Å². The maximum absolute atomic E-state index is 3.07. The molecule has 0 heterocycles. The lowest BCUT2D eigenvalue weighted by molar-refractivity contribution is 1.57. The largest absolute Gasteiger partial charge is 0.0622 e. The van der Waals surface area contributed by atoms with Gasteiger partial charge in [0.05, 0.1) is 0 Å². The topological polar surface area (TPSA) is 0 Å². The first-order valence-electron chi connectivity index (χ1n) is 8.12. The monoisotopic (exact) mass is 305 g/mol. The fraction of sp³-hybridized carbons (Fsp3) is 0. The van der Waals surface area contributed by atoms with E-state index in [0.29, 0.717) is 0 Å². The van der Waals surface area contributed by atoms with Crippen LogP contribution in [0.3, 0.4) is 0 Å². The average molecular weight is 305 g/mol. The number of hydrogen-bond donors (Lipinski definition) is 0. The summed E-state index contributed by atoms with van der Waals surface area (Å²) >= 11 is 0. The van der Waals surface area contributed by atoms with Crippen molar-refractivity contribution >= 4 is 0 Å². The van der Waals surface area contributed by atoms with Crippen molar-refractivity contribution in [2.24, 2.45) is 0 Å². The highest BCUT2D eigenvalue weighted by Gasteiger charge is 2.03. The van der Waals surface area contributed by atoms with Crippen molar-refractivity contribution in [3.05, 3.63) is 109 Å². The van der Waals surface area contributed by atoms with Gasteiger partial charge in [0.25, 0.3) is 0 Å². The maximum Gasteiger partial charge on any atom is -0.0178 e. The molecule has 4 rings (SSSR count). The van der Waals surface area contributed by atoms with Crippen LogP contribution < -0.4 is 0 Å². The van der Waals surface area contributed by atoms with Gasteiger partial charge in [-0.25, -0.2) is 0 Å². The standard InChI is InChI=1S/C24H17/c1-3-9-19(10-4-1)21-13-7-15-23(17-21)24-16-8-14-22(18-24)20-11-5-2-6-12-20/h1,3-18H. The average Bonchev–Trinajstić information content (AvgIpc) is 2.70. The van der Waals surface area contributed by atoms with Crippen LogP contribution in [0.15, 0.2) is 103 Å². The van der Waals surface area contributed by atoms with Gasteiger partial charge < -0.3 is 0 Å². The molecule has 0 aromatic heterocycles. The Bertz CT molecular complexity index is 857. The molecule has 0 aliphatic carbocycles. The highest BCUT2D eigenvalue weighted by Crippen LogP contribution is 2.29. The van der Waals surface area contributed by atoms with Crippen molar-refractivity contribution in [1.29, 1.82) is 0 Å². The summed E-state index contributed by atoms with van der Waals surface area (Å²) in [5.41, 5.74) is 7.40. The quantitative estimate of drug-likeness (QED) is 0.406. The Hall–Kier alpha value is -3.12. The lowest BCUT2D eigenvalue weighted by Crippen LogP contribution is -1.83. The van der Waals surface area contributed by atoms with E-state index >= 15 is 0 Å². The SMILES string of the molecule is [c]1ccc(-c2cccc(-c3cccc(-c4ccccc4)c3)c2)cc1. The molecule has 0 aliphatic heterocycles. The molecule has 0 amide bonds. The highest BCUT2D eigenvalue weighted by atomic mass is 14.1. The van der Waals surface area contributed by atoms with E-state index in [1.54, 1.807) is 0 Å². The van der Waals surface area contributed by atoms with Gasteiger partial charge in [-0.3, -0.25) is 0 Å². The molecule has 0 aliphatic rings. The molecule has 0 unspecified atom stereocenters. The molecule has 0 saturated heterocycles. The van der Waals surface area contributed by atoms with Crippen LogP contribution in [0.25, 0.3) is 33.4 Å². The summed E-state index contributed by atoms with van der Waals surface area (Å²) in [7, 11) is 0. The lowest BCUT2D eigenvalue weighted by atomic mass is 9.96. The second-order valence-corrected chi connectivity index (χ2v) is 5.82. The lowest BCUT2D eigenvalue weighted by Gasteiger charge is -2.08. The fourth-order valence-corrected chi connectivity index (χ4v) is 2.97. The number of hydrogen-bond acceptors (Lipinski definition) is 0. The van der Waals surface area contributed by atoms with Crippen LogP contribution in [0.4, 0.5) is 0 Å². The molecule has 113 valence electrons. The van der Waals surface area contributed by atoms with Crippen LogP contribution in [0.2, 0.25) is 0 Å².